The number of aromatic nitrogens is 3. The molecule has 0 bridgehead atoms. The third-order valence-corrected chi connectivity index (χ3v) is 2.03. The Hall–Kier alpha value is -2.10. The number of nitrogens with zero attached hydrogens (tertiary/aromatic N) is 3. The second kappa shape index (κ2) is 2.70. The summed E-state index contributed by atoms with van der Waals surface area (Å²) in [7, 11) is 0. The van der Waals surface area contributed by atoms with Gasteiger partial charge in [-0.1, -0.05) is 0 Å². The fourth-order valence-electron chi connectivity index (χ4n) is 1.37. The Balaban J connectivity index is 2.23. The van der Waals surface area contributed by atoms with Gasteiger partial charge in [0.2, 0.25) is 0 Å². The van der Waals surface area contributed by atoms with Crippen LogP contribution in [0.2, 0.25) is 0 Å². The average molecular weight is 185 g/mol. The van der Waals surface area contributed by atoms with Gasteiger partial charge in [-0.3, -0.25) is 0 Å². The van der Waals surface area contributed by atoms with E-state index in [4.69, 9.17) is 4.42 Å². The molecule has 68 valence electrons. The van der Waals surface area contributed by atoms with Gasteiger partial charge in [-0.25, -0.2) is 9.50 Å². The molecule has 0 amide bonds. The molecule has 3 aromatic heterocycles. The van der Waals surface area contributed by atoms with Crippen molar-refractivity contribution in [3.8, 4) is 11.5 Å². The van der Waals surface area contributed by atoms with E-state index in [1.54, 1.807) is 17.0 Å². The van der Waals surface area contributed by atoms with Crippen LogP contribution in [0.3, 0.4) is 0 Å². The second-order valence-corrected chi connectivity index (χ2v) is 2.92. The number of fused-ring (bicyclic) bond motifs is 1. The first kappa shape index (κ1) is 7.32. The molecule has 0 radical (unpaired) electrons. The first-order valence-electron chi connectivity index (χ1n) is 4.28. The molecule has 0 aliphatic carbocycles. The van der Waals surface area contributed by atoms with Gasteiger partial charge in [0.15, 0.2) is 11.4 Å². The van der Waals surface area contributed by atoms with Crippen LogP contribution in [0, 0.1) is 0 Å². The molecule has 0 aliphatic rings. The van der Waals surface area contributed by atoms with Crippen LogP contribution in [0.4, 0.5) is 0 Å². The van der Waals surface area contributed by atoms with Crippen LogP contribution in [0.15, 0.2) is 47.3 Å². The zero-order chi connectivity index (χ0) is 9.38. The van der Waals surface area contributed by atoms with Crippen LogP contribution in [0.1, 0.15) is 0 Å². The van der Waals surface area contributed by atoms with Gasteiger partial charge in [-0.05, 0) is 18.2 Å². The Kier molecular flexibility index (Phi) is 1.41. The molecule has 0 saturated carbocycles. The molecule has 4 heteroatoms. The van der Waals surface area contributed by atoms with Crippen molar-refractivity contribution in [3.63, 3.8) is 0 Å². The Bertz CT molecular complexity index is 554. The molecule has 0 spiro atoms. The SMILES string of the molecule is c1coc(-c2ccn3nccc3n2)c1. The summed E-state index contributed by atoms with van der Waals surface area (Å²) in [5.41, 5.74) is 1.64. The lowest BCUT2D eigenvalue weighted by atomic mass is 10.3. The van der Waals surface area contributed by atoms with Gasteiger partial charge >= 0.3 is 0 Å². The maximum atomic E-state index is 5.25. The fourth-order valence-corrected chi connectivity index (χ4v) is 1.37. The predicted molar refractivity (Wildman–Crippen MR) is 50.7 cm³/mol. The minimum atomic E-state index is 0.772. The van der Waals surface area contributed by atoms with Crippen LogP contribution in [0.5, 0.6) is 0 Å². The van der Waals surface area contributed by atoms with Crippen molar-refractivity contribution < 1.29 is 4.42 Å². The third kappa shape index (κ3) is 1.01. The number of hydrogen-bond donors (Lipinski definition) is 0. The van der Waals surface area contributed by atoms with Crippen molar-refractivity contribution in [2.75, 3.05) is 0 Å². The maximum absolute atomic E-state index is 5.25. The summed E-state index contributed by atoms with van der Waals surface area (Å²) in [5, 5.41) is 4.06. The van der Waals surface area contributed by atoms with Gasteiger partial charge < -0.3 is 4.42 Å². The van der Waals surface area contributed by atoms with E-state index >= 15 is 0 Å². The molecule has 3 heterocycles. The molecule has 14 heavy (non-hydrogen) atoms. The van der Waals surface area contributed by atoms with Gasteiger partial charge in [0.05, 0.1) is 12.5 Å². The summed E-state index contributed by atoms with van der Waals surface area (Å²) in [4.78, 5) is 4.38. The van der Waals surface area contributed by atoms with Crippen LogP contribution in [-0.4, -0.2) is 14.6 Å². The summed E-state index contributed by atoms with van der Waals surface area (Å²) in [6.07, 6.45) is 5.21. The molecule has 0 N–H and O–H groups in total. The van der Waals surface area contributed by atoms with Gasteiger partial charge in [0, 0.05) is 12.3 Å². The van der Waals surface area contributed by atoms with Crippen molar-refractivity contribution in [1.29, 1.82) is 0 Å². The molecule has 0 aromatic carbocycles. The van der Waals surface area contributed by atoms with Crippen molar-refractivity contribution in [3.05, 3.63) is 42.9 Å². The van der Waals surface area contributed by atoms with Gasteiger partial charge in [0.25, 0.3) is 0 Å². The molecular weight excluding hydrogens is 178 g/mol. The van der Waals surface area contributed by atoms with Gasteiger partial charge in [0.1, 0.15) is 5.69 Å². The maximum Gasteiger partial charge on any atom is 0.155 e. The highest BCUT2D eigenvalue weighted by Gasteiger charge is 2.03. The van der Waals surface area contributed by atoms with Crippen molar-refractivity contribution in [1.82, 2.24) is 14.6 Å². The molecule has 0 fully saturated rings. The van der Waals surface area contributed by atoms with E-state index in [1.807, 2.05) is 30.5 Å². The van der Waals surface area contributed by atoms with E-state index in [1.165, 1.54) is 0 Å². The summed E-state index contributed by atoms with van der Waals surface area (Å²) in [6.45, 7) is 0. The van der Waals surface area contributed by atoms with E-state index in [-0.39, 0.29) is 0 Å². The number of furan rings is 1. The highest BCUT2D eigenvalue weighted by molar-refractivity contribution is 5.55. The minimum absolute atomic E-state index is 0.772. The number of rotatable bonds is 1. The zero-order valence-electron chi connectivity index (χ0n) is 7.29. The van der Waals surface area contributed by atoms with E-state index in [9.17, 15) is 0 Å². The van der Waals surface area contributed by atoms with E-state index in [2.05, 4.69) is 10.1 Å². The summed E-state index contributed by atoms with van der Waals surface area (Å²) in [6, 6.07) is 7.46. The van der Waals surface area contributed by atoms with E-state index in [0.29, 0.717) is 0 Å². The average Bonchev–Trinajstić information content (AvgIpc) is 2.88. The smallest absolute Gasteiger partial charge is 0.155 e. The summed E-state index contributed by atoms with van der Waals surface area (Å²) >= 11 is 0. The van der Waals surface area contributed by atoms with Crippen LogP contribution < -0.4 is 0 Å². The molecule has 0 saturated heterocycles. The quantitative estimate of drug-likeness (QED) is 0.582. The Labute approximate surface area is 79.8 Å². The lowest BCUT2D eigenvalue weighted by Crippen LogP contribution is -1.90. The summed E-state index contributed by atoms with van der Waals surface area (Å²) in [5.74, 6) is 0.772. The number of hydrogen-bond acceptors (Lipinski definition) is 3. The van der Waals surface area contributed by atoms with E-state index < -0.39 is 0 Å². The largest absolute Gasteiger partial charge is 0.463 e. The molecule has 4 nitrogen and oxygen atoms in total. The molecule has 3 aromatic rings. The Morgan fingerprint density at radius 3 is 3.07 bits per heavy atom. The minimum Gasteiger partial charge on any atom is -0.463 e. The molecule has 0 atom stereocenters. The monoisotopic (exact) mass is 185 g/mol. The first-order valence-corrected chi connectivity index (χ1v) is 4.28. The van der Waals surface area contributed by atoms with Gasteiger partial charge in [-0.15, -0.1) is 0 Å². The second-order valence-electron chi connectivity index (χ2n) is 2.92. The predicted octanol–water partition coefficient (Wildman–Crippen LogP) is 1.99. The third-order valence-electron chi connectivity index (χ3n) is 2.03. The highest BCUT2D eigenvalue weighted by Crippen LogP contribution is 2.17. The standard InChI is InChI=1S/C10H7N3O/c1-2-9(14-7-1)8-4-6-13-10(12-8)3-5-11-13/h1-7H. The molecule has 0 aliphatic heterocycles. The molecular formula is C10H7N3O. The van der Waals surface area contributed by atoms with E-state index in [0.717, 1.165) is 17.1 Å². The van der Waals surface area contributed by atoms with Crippen molar-refractivity contribution in [2.24, 2.45) is 0 Å². The van der Waals surface area contributed by atoms with Crippen LogP contribution in [0.25, 0.3) is 17.1 Å². The fraction of sp³-hybridized carbons (Fsp3) is 0. The lowest BCUT2D eigenvalue weighted by molar-refractivity contribution is 0.580. The van der Waals surface area contributed by atoms with Crippen LogP contribution >= 0.6 is 0 Å². The zero-order valence-corrected chi connectivity index (χ0v) is 7.29. The molecule has 3 rings (SSSR count). The summed E-state index contributed by atoms with van der Waals surface area (Å²) < 4.78 is 6.97. The van der Waals surface area contributed by atoms with Gasteiger partial charge in [-0.2, -0.15) is 5.10 Å². The van der Waals surface area contributed by atoms with Crippen LogP contribution in [-0.2, 0) is 0 Å². The van der Waals surface area contributed by atoms with Crippen molar-refractivity contribution >= 4 is 5.65 Å². The Morgan fingerprint density at radius 2 is 2.21 bits per heavy atom. The van der Waals surface area contributed by atoms with Crippen molar-refractivity contribution in [2.45, 2.75) is 0 Å². The lowest BCUT2D eigenvalue weighted by Gasteiger charge is -1.96. The topological polar surface area (TPSA) is 43.3 Å². The highest BCUT2D eigenvalue weighted by atomic mass is 16.3. The molecule has 0 unspecified atom stereocenters. The Morgan fingerprint density at radius 1 is 1.21 bits per heavy atom. The first-order chi connectivity index (χ1) is 6.93. The normalized spacial score (nSPS) is 10.9.